The van der Waals surface area contributed by atoms with E-state index in [4.69, 9.17) is 9.84 Å². The number of ether oxygens (including phenoxy) is 1. The Morgan fingerprint density at radius 2 is 2.17 bits per heavy atom. The predicted molar refractivity (Wildman–Crippen MR) is 66.6 cm³/mol. The summed E-state index contributed by atoms with van der Waals surface area (Å²) in [5.74, 6) is -0.413. The summed E-state index contributed by atoms with van der Waals surface area (Å²) in [5.41, 5.74) is 1.60. The minimum Gasteiger partial charge on any atom is -0.496 e. The lowest BCUT2D eigenvalue weighted by Crippen LogP contribution is -2.08. The Labute approximate surface area is 104 Å². The van der Waals surface area contributed by atoms with Gasteiger partial charge in [-0.3, -0.25) is 4.79 Å². The number of benzene rings is 1. The molecule has 94 valence electrons. The van der Waals surface area contributed by atoms with Crippen LogP contribution >= 0.6 is 0 Å². The third-order valence-corrected chi connectivity index (χ3v) is 2.77. The molecule has 0 saturated heterocycles. The average molecular weight is 246 g/mol. The molecule has 2 aromatic rings. The number of nitrogens with one attached hydrogen (secondary N) is 1. The van der Waals surface area contributed by atoms with Crippen molar-refractivity contribution in [1.29, 1.82) is 0 Å². The van der Waals surface area contributed by atoms with Crippen LogP contribution < -0.4 is 4.74 Å². The van der Waals surface area contributed by atoms with Crippen LogP contribution in [0.15, 0.2) is 30.5 Å². The predicted octanol–water partition coefficient (Wildman–Crippen LogP) is 2.27. The van der Waals surface area contributed by atoms with Gasteiger partial charge < -0.3 is 14.8 Å². The minimum absolute atomic E-state index is 0.434. The highest BCUT2D eigenvalue weighted by Gasteiger charge is 2.18. The number of methoxy groups -OCH3 is 1. The quantitative estimate of drug-likeness (QED) is 0.867. The van der Waals surface area contributed by atoms with Crippen LogP contribution in [0.2, 0.25) is 0 Å². The Bertz CT molecular complexity index is 563. The normalized spacial score (nSPS) is 12.1. The first-order valence-corrected chi connectivity index (χ1v) is 5.54. The van der Waals surface area contributed by atoms with Gasteiger partial charge in [0.2, 0.25) is 0 Å². The summed E-state index contributed by atoms with van der Waals surface area (Å²) in [4.78, 5) is 18.0. The van der Waals surface area contributed by atoms with Gasteiger partial charge in [0.25, 0.3) is 0 Å². The van der Waals surface area contributed by atoms with Gasteiger partial charge in [-0.1, -0.05) is 12.1 Å². The minimum atomic E-state index is -0.907. The first kappa shape index (κ1) is 12.2. The summed E-state index contributed by atoms with van der Waals surface area (Å²) in [6, 6.07) is 7.50. The molecule has 0 amide bonds. The van der Waals surface area contributed by atoms with Crippen molar-refractivity contribution >= 4 is 5.97 Å². The summed E-state index contributed by atoms with van der Waals surface area (Å²) >= 11 is 0. The largest absolute Gasteiger partial charge is 0.496 e. The van der Waals surface area contributed by atoms with Crippen LogP contribution in [0.25, 0.3) is 11.3 Å². The number of hydrogen-bond donors (Lipinski definition) is 2. The Hall–Kier alpha value is -2.30. The van der Waals surface area contributed by atoms with Crippen molar-refractivity contribution in [3.05, 3.63) is 36.3 Å². The van der Waals surface area contributed by atoms with Gasteiger partial charge in [0, 0.05) is 5.56 Å². The lowest BCUT2D eigenvalue weighted by Gasteiger charge is -2.06. The van der Waals surface area contributed by atoms with E-state index in [0.29, 0.717) is 5.82 Å². The molecular formula is C13H14N2O3. The second-order valence-corrected chi connectivity index (χ2v) is 3.94. The van der Waals surface area contributed by atoms with Crippen LogP contribution in [0.4, 0.5) is 0 Å². The second-order valence-electron chi connectivity index (χ2n) is 3.94. The number of hydrogen-bond acceptors (Lipinski definition) is 3. The molecule has 1 aromatic carbocycles. The number of para-hydroxylation sites is 1. The lowest BCUT2D eigenvalue weighted by atomic mass is 10.1. The van der Waals surface area contributed by atoms with Gasteiger partial charge in [-0.25, -0.2) is 4.98 Å². The first-order valence-electron chi connectivity index (χ1n) is 5.54. The number of carbonyl (C=O) groups is 1. The van der Waals surface area contributed by atoms with E-state index < -0.39 is 11.9 Å². The van der Waals surface area contributed by atoms with Gasteiger partial charge in [-0.05, 0) is 19.1 Å². The molecule has 2 rings (SSSR count). The number of aliphatic carboxylic acids is 1. The molecule has 0 aliphatic heterocycles. The van der Waals surface area contributed by atoms with Crippen LogP contribution in [0.3, 0.4) is 0 Å². The fraction of sp³-hybridized carbons (Fsp3) is 0.231. The van der Waals surface area contributed by atoms with E-state index in [2.05, 4.69) is 9.97 Å². The molecule has 2 N–H and O–H groups in total. The maximum atomic E-state index is 10.9. The number of H-pyrrole nitrogens is 1. The molecule has 1 aromatic heterocycles. The van der Waals surface area contributed by atoms with E-state index in [1.54, 1.807) is 20.2 Å². The lowest BCUT2D eigenvalue weighted by molar-refractivity contribution is -0.138. The number of rotatable bonds is 4. The van der Waals surface area contributed by atoms with Crippen molar-refractivity contribution in [3.8, 4) is 17.0 Å². The molecule has 0 aliphatic rings. The summed E-state index contributed by atoms with van der Waals surface area (Å²) in [6.07, 6.45) is 1.62. The molecular weight excluding hydrogens is 232 g/mol. The Morgan fingerprint density at radius 3 is 2.83 bits per heavy atom. The molecule has 0 saturated carbocycles. The fourth-order valence-corrected chi connectivity index (χ4v) is 1.68. The molecule has 1 unspecified atom stereocenters. The van der Waals surface area contributed by atoms with Gasteiger partial charge >= 0.3 is 5.97 Å². The molecule has 0 bridgehead atoms. The van der Waals surface area contributed by atoms with Crippen molar-refractivity contribution in [1.82, 2.24) is 9.97 Å². The highest BCUT2D eigenvalue weighted by Crippen LogP contribution is 2.28. The Balaban J connectivity index is 2.38. The zero-order valence-corrected chi connectivity index (χ0v) is 10.2. The second kappa shape index (κ2) is 4.91. The SMILES string of the molecule is COc1ccccc1-c1cnc(C(C)C(=O)O)[nH]1. The fourth-order valence-electron chi connectivity index (χ4n) is 1.68. The zero-order chi connectivity index (χ0) is 13.1. The molecule has 0 fully saturated rings. The number of carboxylic acid groups (broad SMARTS) is 1. The van der Waals surface area contributed by atoms with Gasteiger partial charge in [-0.2, -0.15) is 0 Å². The standard InChI is InChI=1S/C13H14N2O3/c1-8(13(16)17)12-14-7-10(15-12)9-5-3-4-6-11(9)18-2/h3-8H,1-2H3,(H,14,15)(H,16,17). The van der Waals surface area contributed by atoms with Gasteiger partial charge in [0.1, 0.15) is 17.5 Å². The number of nitrogens with zero attached hydrogens (tertiary/aromatic N) is 1. The summed E-state index contributed by atoms with van der Waals surface area (Å²) in [5, 5.41) is 8.93. The van der Waals surface area contributed by atoms with Crippen LogP contribution in [0.5, 0.6) is 5.75 Å². The van der Waals surface area contributed by atoms with Crippen LogP contribution in [0.1, 0.15) is 18.7 Å². The monoisotopic (exact) mass is 246 g/mol. The van der Waals surface area contributed by atoms with Crippen molar-refractivity contribution in [2.45, 2.75) is 12.8 Å². The van der Waals surface area contributed by atoms with Crippen molar-refractivity contribution in [2.75, 3.05) is 7.11 Å². The third-order valence-electron chi connectivity index (χ3n) is 2.77. The molecule has 18 heavy (non-hydrogen) atoms. The van der Waals surface area contributed by atoms with Crippen molar-refractivity contribution < 1.29 is 14.6 Å². The average Bonchev–Trinajstić information content (AvgIpc) is 2.87. The molecule has 1 atom stereocenters. The van der Waals surface area contributed by atoms with Gasteiger partial charge in [0.15, 0.2) is 0 Å². The maximum Gasteiger partial charge on any atom is 0.313 e. The molecule has 5 nitrogen and oxygen atoms in total. The van der Waals surface area contributed by atoms with E-state index in [-0.39, 0.29) is 0 Å². The highest BCUT2D eigenvalue weighted by atomic mass is 16.5. The molecule has 5 heteroatoms. The van der Waals surface area contributed by atoms with E-state index in [0.717, 1.165) is 17.0 Å². The third kappa shape index (κ3) is 2.20. The Kier molecular flexibility index (Phi) is 3.32. The van der Waals surface area contributed by atoms with Gasteiger partial charge in [0.05, 0.1) is 19.0 Å². The topological polar surface area (TPSA) is 75.2 Å². The smallest absolute Gasteiger partial charge is 0.313 e. The highest BCUT2D eigenvalue weighted by molar-refractivity contribution is 5.75. The summed E-state index contributed by atoms with van der Waals surface area (Å²) < 4.78 is 5.25. The number of imidazole rings is 1. The van der Waals surface area contributed by atoms with E-state index >= 15 is 0 Å². The summed E-state index contributed by atoms with van der Waals surface area (Å²) in [7, 11) is 1.59. The number of aromatic amines is 1. The van der Waals surface area contributed by atoms with E-state index in [1.165, 1.54) is 0 Å². The van der Waals surface area contributed by atoms with E-state index in [9.17, 15) is 4.79 Å². The van der Waals surface area contributed by atoms with Crippen molar-refractivity contribution in [3.63, 3.8) is 0 Å². The van der Waals surface area contributed by atoms with Crippen LogP contribution in [-0.2, 0) is 4.79 Å². The maximum absolute atomic E-state index is 10.9. The summed E-state index contributed by atoms with van der Waals surface area (Å²) in [6.45, 7) is 1.59. The van der Waals surface area contributed by atoms with E-state index in [1.807, 2.05) is 24.3 Å². The number of aromatic nitrogens is 2. The molecule has 0 spiro atoms. The number of carboxylic acids is 1. The zero-order valence-electron chi connectivity index (χ0n) is 10.2. The van der Waals surface area contributed by atoms with Crippen molar-refractivity contribution in [2.24, 2.45) is 0 Å². The molecule has 0 aliphatic carbocycles. The van der Waals surface area contributed by atoms with Crippen LogP contribution in [0, 0.1) is 0 Å². The van der Waals surface area contributed by atoms with Crippen LogP contribution in [-0.4, -0.2) is 28.2 Å². The molecule has 0 radical (unpaired) electrons. The Morgan fingerprint density at radius 1 is 1.44 bits per heavy atom. The molecule has 1 heterocycles. The first-order chi connectivity index (χ1) is 8.63. The van der Waals surface area contributed by atoms with Gasteiger partial charge in [-0.15, -0.1) is 0 Å².